The van der Waals surface area contributed by atoms with Crippen molar-refractivity contribution >= 4 is 23.6 Å². The first-order valence-corrected chi connectivity index (χ1v) is 5.34. The first-order chi connectivity index (χ1) is 8.17. The van der Waals surface area contributed by atoms with E-state index in [9.17, 15) is 14.4 Å². The minimum Gasteiger partial charge on any atom is -0.464 e. The molecule has 0 aliphatic rings. The van der Waals surface area contributed by atoms with Crippen LogP contribution in [0.2, 0.25) is 0 Å². The van der Waals surface area contributed by atoms with Crippen LogP contribution in [0.4, 0.5) is 4.79 Å². The molecule has 102 valence electrons. The Kier molecular flexibility index (Phi) is 6.01. The Morgan fingerprint density at radius 3 is 2.22 bits per heavy atom. The fourth-order valence-corrected chi connectivity index (χ4v) is 0.933. The molecule has 0 bridgehead atoms. The first kappa shape index (κ1) is 16.1. The molecule has 0 saturated carbocycles. The number of nitrogens with one attached hydrogen (secondary N) is 2. The molecule has 0 saturated heterocycles. The van der Waals surface area contributed by atoms with E-state index in [4.69, 9.17) is 10.1 Å². The number of carbonyl (C=O) groups excluding carboxylic acids is 3. The van der Waals surface area contributed by atoms with E-state index < -0.39 is 29.2 Å². The number of Topliss-reactive ketones (excluding diaryl/α,β-unsaturated/α-hetero) is 1. The number of ether oxygens (including phenoxy) is 2. The van der Waals surface area contributed by atoms with Crippen LogP contribution < -0.4 is 5.32 Å². The van der Waals surface area contributed by atoms with Gasteiger partial charge < -0.3 is 14.8 Å². The van der Waals surface area contributed by atoms with Gasteiger partial charge in [-0.3, -0.25) is 10.2 Å². The van der Waals surface area contributed by atoms with Crippen molar-refractivity contribution in [2.45, 2.75) is 32.8 Å². The Bertz CT molecular complexity index is 357. The van der Waals surface area contributed by atoms with E-state index in [0.717, 1.165) is 7.11 Å². The maximum atomic E-state index is 11.3. The maximum absolute atomic E-state index is 11.3. The monoisotopic (exact) mass is 258 g/mol. The van der Waals surface area contributed by atoms with Gasteiger partial charge in [0.15, 0.2) is 11.5 Å². The average Bonchev–Trinajstić information content (AvgIpc) is 2.24. The Morgan fingerprint density at radius 2 is 1.78 bits per heavy atom. The molecule has 0 aliphatic heterocycles. The molecule has 0 spiro atoms. The number of alkyl carbamates (subject to hydrolysis) is 1. The summed E-state index contributed by atoms with van der Waals surface area (Å²) in [6.45, 7) is 5.13. The van der Waals surface area contributed by atoms with E-state index in [-0.39, 0.29) is 13.0 Å². The molecular formula is C11H18N2O5. The fourth-order valence-electron chi connectivity index (χ4n) is 0.933. The average molecular weight is 258 g/mol. The topological polar surface area (TPSA) is 106 Å². The zero-order valence-corrected chi connectivity index (χ0v) is 11.0. The first-order valence-electron chi connectivity index (χ1n) is 5.34. The summed E-state index contributed by atoms with van der Waals surface area (Å²) in [5, 5.41) is 9.51. The molecule has 1 amide bonds. The molecule has 0 heterocycles. The maximum Gasteiger partial charge on any atom is 0.407 e. The summed E-state index contributed by atoms with van der Waals surface area (Å²) >= 11 is 0. The van der Waals surface area contributed by atoms with Gasteiger partial charge >= 0.3 is 12.1 Å². The van der Waals surface area contributed by atoms with Gasteiger partial charge in [-0.25, -0.2) is 9.59 Å². The van der Waals surface area contributed by atoms with Gasteiger partial charge in [-0.15, -0.1) is 0 Å². The van der Waals surface area contributed by atoms with E-state index in [2.05, 4.69) is 10.1 Å². The molecule has 0 fully saturated rings. The third kappa shape index (κ3) is 6.62. The van der Waals surface area contributed by atoms with Crippen molar-refractivity contribution in [3.63, 3.8) is 0 Å². The van der Waals surface area contributed by atoms with Crippen LogP contribution in [-0.2, 0) is 19.1 Å². The lowest BCUT2D eigenvalue weighted by atomic mass is 10.2. The third-order valence-corrected chi connectivity index (χ3v) is 1.69. The van der Waals surface area contributed by atoms with Crippen LogP contribution in [0, 0.1) is 5.41 Å². The molecule has 0 radical (unpaired) electrons. The molecule has 0 rings (SSSR count). The summed E-state index contributed by atoms with van der Waals surface area (Å²) < 4.78 is 9.17. The van der Waals surface area contributed by atoms with Gasteiger partial charge in [0.05, 0.1) is 7.11 Å². The number of rotatable bonds is 5. The summed E-state index contributed by atoms with van der Waals surface area (Å²) in [5.74, 6) is -1.69. The SMILES string of the molecule is COC(=O)C(=N)C(=O)CCNC(=O)OC(C)(C)C. The molecule has 0 unspecified atom stereocenters. The van der Waals surface area contributed by atoms with Gasteiger partial charge in [0.25, 0.3) is 0 Å². The van der Waals surface area contributed by atoms with Gasteiger partial charge in [-0.2, -0.15) is 0 Å². The summed E-state index contributed by atoms with van der Waals surface area (Å²) in [7, 11) is 1.09. The van der Waals surface area contributed by atoms with Crippen LogP contribution in [0.5, 0.6) is 0 Å². The lowest BCUT2D eigenvalue weighted by Crippen LogP contribution is -2.35. The molecule has 2 N–H and O–H groups in total. The van der Waals surface area contributed by atoms with Crippen molar-refractivity contribution in [2.75, 3.05) is 13.7 Å². The Morgan fingerprint density at radius 1 is 1.22 bits per heavy atom. The predicted molar refractivity (Wildman–Crippen MR) is 63.6 cm³/mol. The highest BCUT2D eigenvalue weighted by molar-refractivity contribution is 6.63. The lowest BCUT2D eigenvalue weighted by Gasteiger charge is -2.19. The number of esters is 1. The second-order valence-electron chi connectivity index (χ2n) is 4.47. The number of ketones is 1. The molecule has 18 heavy (non-hydrogen) atoms. The minimum absolute atomic E-state index is 0.00682. The summed E-state index contributed by atoms with van der Waals surface area (Å²) in [4.78, 5) is 33.4. The van der Waals surface area contributed by atoms with Crippen molar-refractivity contribution in [1.82, 2.24) is 5.32 Å². The van der Waals surface area contributed by atoms with E-state index in [1.165, 1.54) is 0 Å². The molecule has 0 atom stereocenters. The highest BCUT2D eigenvalue weighted by Gasteiger charge is 2.19. The molecule has 0 aromatic carbocycles. The van der Waals surface area contributed by atoms with Gasteiger partial charge in [-0.1, -0.05) is 0 Å². The molecule has 0 aliphatic carbocycles. The second kappa shape index (κ2) is 6.73. The van der Waals surface area contributed by atoms with Crippen molar-refractivity contribution < 1.29 is 23.9 Å². The highest BCUT2D eigenvalue weighted by atomic mass is 16.6. The predicted octanol–water partition coefficient (Wildman–Crippen LogP) is 0.663. The van der Waals surface area contributed by atoms with Crippen LogP contribution in [0.15, 0.2) is 0 Å². The zero-order valence-electron chi connectivity index (χ0n) is 11.0. The number of hydrogen-bond donors (Lipinski definition) is 2. The number of carbonyl (C=O) groups is 3. The number of amides is 1. The van der Waals surface area contributed by atoms with Crippen molar-refractivity contribution in [3.05, 3.63) is 0 Å². The standard InChI is InChI=1S/C11H18N2O5/c1-11(2,3)18-10(16)13-6-5-7(14)8(12)9(15)17-4/h12H,5-6H2,1-4H3,(H,13,16). The fraction of sp³-hybridized carbons (Fsp3) is 0.636. The highest BCUT2D eigenvalue weighted by Crippen LogP contribution is 2.06. The molecule has 7 nitrogen and oxygen atoms in total. The second-order valence-corrected chi connectivity index (χ2v) is 4.47. The Labute approximate surface area is 105 Å². The van der Waals surface area contributed by atoms with Crippen LogP contribution in [0.1, 0.15) is 27.2 Å². The molecular weight excluding hydrogens is 240 g/mol. The molecule has 0 aromatic heterocycles. The normalized spacial score (nSPS) is 10.4. The number of hydrogen-bond acceptors (Lipinski definition) is 6. The van der Waals surface area contributed by atoms with Gasteiger partial charge in [-0.05, 0) is 20.8 Å². The number of methoxy groups -OCH3 is 1. The molecule has 7 heteroatoms. The summed E-state index contributed by atoms with van der Waals surface area (Å²) in [5.41, 5.74) is -1.35. The van der Waals surface area contributed by atoms with E-state index >= 15 is 0 Å². The van der Waals surface area contributed by atoms with Gasteiger partial charge in [0.2, 0.25) is 0 Å². The van der Waals surface area contributed by atoms with E-state index in [1.807, 2.05) is 0 Å². The third-order valence-electron chi connectivity index (χ3n) is 1.69. The van der Waals surface area contributed by atoms with Gasteiger partial charge in [0, 0.05) is 13.0 Å². The largest absolute Gasteiger partial charge is 0.464 e. The van der Waals surface area contributed by atoms with Crippen molar-refractivity contribution in [3.8, 4) is 0 Å². The minimum atomic E-state index is -0.989. The summed E-state index contributed by atoms with van der Waals surface area (Å²) in [6, 6.07) is 0. The van der Waals surface area contributed by atoms with Crippen LogP contribution in [-0.4, -0.2) is 42.8 Å². The zero-order chi connectivity index (χ0) is 14.3. The van der Waals surface area contributed by atoms with Crippen LogP contribution >= 0.6 is 0 Å². The lowest BCUT2D eigenvalue weighted by molar-refractivity contribution is -0.133. The van der Waals surface area contributed by atoms with Crippen LogP contribution in [0.25, 0.3) is 0 Å². The van der Waals surface area contributed by atoms with Crippen molar-refractivity contribution in [2.24, 2.45) is 0 Å². The van der Waals surface area contributed by atoms with Crippen molar-refractivity contribution in [1.29, 1.82) is 5.41 Å². The van der Waals surface area contributed by atoms with E-state index in [0.29, 0.717) is 0 Å². The smallest absolute Gasteiger partial charge is 0.407 e. The van der Waals surface area contributed by atoms with Crippen LogP contribution in [0.3, 0.4) is 0 Å². The quantitative estimate of drug-likeness (QED) is 0.428. The van der Waals surface area contributed by atoms with Gasteiger partial charge in [0.1, 0.15) is 5.60 Å². The molecule has 0 aromatic rings. The Balaban J connectivity index is 3.99. The van der Waals surface area contributed by atoms with E-state index in [1.54, 1.807) is 20.8 Å². The summed E-state index contributed by atoms with van der Waals surface area (Å²) in [6.07, 6.45) is -0.812. The Hall–Kier alpha value is -1.92.